The lowest BCUT2D eigenvalue weighted by Crippen LogP contribution is -2.22. The van der Waals surface area contributed by atoms with Crippen molar-refractivity contribution >= 4 is 17.3 Å². The third-order valence-electron chi connectivity index (χ3n) is 3.90. The molecule has 0 bridgehead atoms. The summed E-state index contributed by atoms with van der Waals surface area (Å²) in [6, 6.07) is 14.0. The molecule has 0 saturated carbocycles. The minimum atomic E-state index is -0.0349. The quantitative estimate of drug-likeness (QED) is 0.854. The first-order valence-electron chi connectivity index (χ1n) is 7.68. The van der Waals surface area contributed by atoms with E-state index >= 15 is 0 Å². The van der Waals surface area contributed by atoms with Crippen LogP contribution >= 0.6 is 0 Å². The summed E-state index contributed by atoms with van der Waals surface area (Å²) in [4.78, 5) is 12.2. The van der Waals surface area contributed by atoms with Gasteiger partial charge in [0, 0.05) is 11.4 Å². The average Bonchev–Trinajstić information content (AvgIpc) is 2.50. The van der Waals surface area contributed by atoms with E-state index in [-0.39, 0.29) is 12.5 Å². The Bertz CT molecular complexity index is 662. The van der Waals surface area contributed by atoms with Gasteiger partial charge < -0.3 is 10.6 Å². The molecule has 22 heavy (non-hydrogen) atoms. The number of amides is 1. The summed E-state index contributed by atoms with van der Waals surface area (Å²) < 4.78 is 0. The van der Waals surface area contributed by atoms with Gasteiger partial charge in [-0.3, -0.25) is 4.79 Å². The number of aryl methyl sites for hydroxylation is 1. The average molecular weight is 296 g/mol. The molecule has 0 aliphatic carbocycles. The van der Waals surface area contributed by atoms with Crippen LogP contribution < -0.4 is 10.6 Å². The Labute approximate surface area is 132 Å². The maximum Gasteiger partial charge on any atom is 0.243 e. The zero-order chi connectivity index (χ0) is 16.1. The smallest absolute Gasteiger partial charge is 0.243 e. The molecule has 0 aliphatic rings. The van der Waals surface area contributed by atoms with Crippen LogP contribution in [0.3, 0.4) is 0 Å². The van der Waals surface area contributed by atoms with E-state index in [2.05, 4.69) is 30.5 Å². The van der Waals surface area contributed by atoms with Crippen LogP contribution in [-0.4, -0.2) is 12.5 Å². The van der Waals surface area contributed by atoms with Gasteiger partial charge in [0.25, 0.3) is 0 Å². The van der Waals surface area contributed by atoms with Crippen LogP contribution in [0.15, 0.2) is 42.5 Å². The Hall–Kier alpha value is -2.29. The predicted molar refractivity (Wildman–Crippen MR) is 93.6 cm³/mol. The monoisotopic (exact) mass is 296 g/mol. The van der Waals surface area contributed by atoms with Crippen molar-refractivity contribution in [2.45, 2.75) is 33.6 Å². The molecule has 1 amide bonds. The highest BCUT2D eigenvalue weighted by Crippen LogP contribution is 2.23. The first-order valence-corrected chi connectivity index (χ1v) is 7.68. The Kier molecular flexibility index (Phi) is 5.21. The summed E-state index contributed by atoms with van der Waals surface area (Å²) in [6.45, 7) is 8.62. The highest BCUT2D eigenvalue weighted by Gasteiger charge is 2.09. The van der Waals surface area contributed by atoms with E-state index < -0.39 is 0 Å². The minimum absolute atomic E-state index is 0.0349. The van der Waals surface area contributed by atoms with Crippen LogP contribution in [0.5, 0.6) is 0 Å². The molecule has 0 atom stereocenters. The van der Waals surface area contributed by atoms with Crippen LogP contribution in [0.2, 0.25) is 0 Å². The van der Waals surface area contributed by atoms with Gasteiger partial charge in [-0.1, -0.05) is 44.2 Å². The zero-order valence-corrected chi connectivity index (χ0v) is 13.7. The second kappa shape index (κ2) is 7.12. The van der Waals surface area contributed by atoms with E-state index in [9.17, 15) is 4.79 Å². The van der Waals surface area contributed by atoms with Gasteiger partial charge in [0.05, 0.1) is 6.54 Å². The molecule has 116 valence electrons. The summed E-state index contributed by atoms with van der Waals surface area (Å²) in [5, 5.41) is 6.21. The fraction of sp³-hybridized carbons (Fsp3) is 0.316. The normalized spacial score (nSPS) is 10.6. The van der Waals surface area contributed by atoms with Gasteiger partial charge in [-0.2, -0.15) is 0 Å². The molecule has 2 aromatic carbocycles. The molecule has 0 radical (unpaired) electrons. The SMILES string of the molecule is Cc1cccc(NC(=O)CNc2ccccc2C(C)C)c1C. The third-order valence-corrected chi connectivity index (χ3v) is 3.90. The fourth-order valence-corrected chi connectivity index (χ4v) is 2.42. The van der Waals surface area contributed by atoms with Crippen molar-refractivity contribution in [2.75, 3.05) is 17.2 Å². The topological polar surface area (TPSA) is 41.1 Å². The van der Waals surface area contributed by atoms with Crippen molar-refractivity contribution in [3.05, 3.63) is 59.2 Å². The van der Waals surface area contributed by atoms with Gasteiger partial charge in [0.2, 0.25) is 5.91 Å². The number of hydrogen-bond acceptors (Lipinski definition) is 2. The lowest BCUT2D eigenvalue weighted by atomic mass is 10.0. The molecule has 0 heterocycles. The van der Waals surface area contributed by atoms with E-state index in [0.717, 1.165) is 16.9 Å². The summed E-state index contributed by atoms with van der Waals surface area (Å²) in [7, 11) is 0. The Morgan fingerprint density at radius 1 is 1.00 bits per heavy atom. The number of para-hydroxylation sites is 1. The van der Waals surface area contributed by atoms with Gasteiger partial charge in [-0.15, -0.1) is 0 Å². The predicted octanol–water partition coefficient (Wildman–Crippen LogP) is 4.48. The van der Waals surface area contributed by atoms with Crippen molar-refractivity contribution in [3.8, 4) is 0 Å². The molecule has 0 aromatic heterocycles. The third kappa shape index (κ3) is 3.88. The molecule has 0 aliphatic heterocycles. The van der Waals surface area contributed by atoms with E-state index in [4.69, 9.17) is 0 Å². The van der Waals surface area contributed by atoms with Crippen molar-refractivity contribution < 1.29 is 4.79 Å². The Morgan fingerprint density at radius 3 is 2.41 bits per heavy atom. The first kappa shape index (κ1) is 16.1. The number of benzene rings is 2. The molecule has 0 spiro atoms. The second-order valence-corrected chi connectivity index (χ2v) is 5.89. The number of nitrogens with one attached hydrogen (secondary N) is 2. The molecule has 0 unspecified atom stereocenters. The zero-order valence-electron chi connectivity index (χ0n) is 13.7. The maximum absolute atomic E-state index is 12.2. The van der Waals surface area contributed by atoms with Gasteiger partial charge in [0.15, 0.2) is 0 Å². The largest absolute Gasteiger partial charge is 0.376 e. The van der Waals surface area contributed by atoms with Gasteiger partial charge in [-0.25, -0.2) is 0 Å². The van der Waals surface area contributed by atoms with E-state index in [1.807, 2.05) is 50.2 Å². The molecule has 3 nitrogen and oxygen atoms in total. The van der Waals surface area contributed by atoms with Crippen molar-refractivity contribution in [2.24, 2.45) is 0 Å². The van der Waals surface area contributed by atoms with E-state index in [1.165, 1.54) is 11.1 Å². The molecular weight excluding hydrogens is 272 g/mol. The summed E-state index contributed by atoms with van der Waals surface area (Å²) >= 11 is 0. The van der Waals surface area contributed by atoms with Crippen LogP contribution in [-0.2, 0) is 4.79 Å². The van der Waals surface area contributed by atoms with Crippen LogP contribution in [0.4, 0.5) is 11.4 Å². The second-order valence-electron chi connectivity index (χ2n) is 5.89. The Morgan fingerprint density at radius 2 is 1.68 bits per heavy atom. The molecule has 2 aromatic rings. The number of carbonyl (C=O) groups is 1. The van der Waals surface area contributed by atoms with E-state index in [0.29, 0.717) is 5.92 Å². The lowest BCUT2D eigenvalue weighted by molar-refractivity contribution is -0.114. The molecule has 2 N–H and O–H groups in total. The Balaban J connectivity index is 2.00. The number of anilines is 2. The molecule has 3 heteroatoms. The molecule has 2 rings (SSSR count). The van der Waals surface area contributed by atoms with Gasteiger partial charge in [-0.05, 0) is 48.6 Å². The highest BCUT2D eigenvalue weighted by molar-refractivity contribution is 5.94. The fourth-order valence-electron chi connectivity index (χ4n) is 2.42. The van der Waals surface area contributed by atoms with Crippen LogP contribution in [0, 0.1) is 13.8 Å². The van der Waals surface area contributed by atoms with Crippen LogP contribution in [0.25, 0.3) is 0 Å². The van der Waals surface area contributed by atoms with Gasteiger partial charge in [0.1, 0.15) is 0 Å². The summed E-state index contributed by atoms with van der Waals surface area (Å²) in [5.41, 5.74) is 5.41. The summed E-state index contributed by atoms with van der Waals surface area (Å²) in [6.07, 6.45) is 0. The molecular formula is C19H24N2O. The standard InChI is InChI=1S/C19H24N2O/c1-13(2)16-9-5-6-10-18(16)20-12-19(22)21-17-11-7-8-14(3)15(17)4/h5-11,13,20H,12H2,1-4H3,(H,21,22). The lowest BCUT2D eigenvalue weighted by Gasteiger charge is -2.15. The maximum atomic E-state index is 12.2. The number of hydrogen-bond donors (Lipinski definition) is 2. The number of carbonyl (C=O) groups excluding carboxylic acids is 1. The van der Waals surface area contributed by atoms with Gasteiger partial charge >= 0.3 is 0 Å². The molecule has 0 saturated heterocycles. The van der Waals surface area contributed by atoms with E-state index in [1.54, 1.807) is 0 Å². The number of rotatable bonds is 5. The highest BCUT2D eigenvalue weighted by atomic mass is 16.1. The van der Waals surface area contributed by atoms with Crippen molar-refractivity contribution in [1.29, 1.82) is 0 Å². The minimum Gasteiger partial charge on any atom is -0.376 e. The van der Waals surface area contributed by atoms with Crippen LogP contribution in [0.1, 0.15) is 36.5 Å². The molecule has 0 fully saturated rings. The summed E-state index contributed by atoms with van der Waals surface area (Å²) in [5.74, 6) is 0.387. The van der Waals surface area contributed by atoms with Crippen molar-refractivity contribution in [1.82, 2.24) is 0 Å². The van der Waals surface area contributed by atoms with Crippen molar-refractivity contribution in [3.63, 3.8) is 0 Å². The first-order chi connectivity index (χ1) is 10.5.